The summed E-state index contributed by atoms with van der Waals surface area (Å²) in [4.78, 5) is 0. The Labute approximate surface area is 84.3 Å². The summed E-state index contributed by atoms with van der Waals surface area (Å²) in [5.41, 5.74) is 0. The highest BCUT2D eigenvalue weighted by atomic mass is 16.6. The molecule has 0 aromatic heterocycles. The van der Waals surface area contributed by atoms with Gasteiger partial charge in [-0.05, 0) is 13.3 Å². The van der Waals surface area contributed by atoms with Crippen molar-refractivity contribution in [2.24, 2.45) is 0 Å². The second-order valence-electron chi connectivity index (χ2n) is 2.72. The van der Waals surface area contributed by atoms with E-state index in [2.05, 4.69) is 0 Å². The topological polar surface area (TPSA) is 79.2 Å². The van der Waals surface area contributed by atoms with E-state index in [-0.39, 0.29) is 19.3 Å². The maximum Gasteiger partial charge on any atom is 0.189 e. The Morgan fingerprint density at radius 3 is 2.36 bits per heavy atom. The lowest BCUT2D eigenvalue weighted by molar-refractivity contribution is -0.147. The lowest BCUT2D eigenvalue weighted by Crippen LogP contribution is -2.33. The van der Waals surface area contributed by atoms with Crippen LogP contribution in [0.3, 0.4) is 0 Å². The first-order valence-electron chi connectivity index (χ1n) is 4.75. The molecule has 14 heavy (non-hydrogen) atoms. The monoisotopic (exact) mass is 207 g/mol. The van der Waals surface area contributed by atoms with E-state index in [0.717, 1.165) is 0 Å². The molecule has 0 aliphatic heterocycles. The van der Waals surface area contributed by atoms with Gasteiger partial charge in [-0.15, -0.1) is 0 Å². The van der Waals surface area contributed by atoms with E-state index >= 15 is 0 Å². The Hall–Kier alpha value is -0.200. The molecule has 0 spiro atoms. The van der Waals surface area contributed by atoms with E-state index in [1.165, 1.54) is 0 Å². The largest absolute Gasteiger partial charge is 0.394 e. The van der Waals surface area contributed by atoms with Crippen LogP contribution in [0.15, 0.2) is 0 Å². The molecular weight excluding hydrogens is 188 g/mol. The van der Waals surface area contributed by atoms with Crippen LogP contribution >= 0.6 is 0 Å². The number of aliphatic hydroxyl groups is 3. The Morgan fingerprint density at radius 1 is 1.29 bits per heavy atom. The van der Waals surface area contributed by atoms with E-state index in [9.17, 15) is 10.2 Å². The van der Waals surface area contributed by atoms with Crippen molar-refractivity contribution >= 4 is 0 Å². The summed E-state index contributed by atoms with van der Waals surface area (Å²) in [6, 6.07) is 0. The van der Waals surface area contributed by atoms with Gasteiger partial charge in [-0.25, -0.2) is 0 Å². The lowest BCUT2D eigenvalue weighted by atomic mass is 10.1. The van der Waals surface area contributed by atoms with Gasteiger partial charge in [0, 0.05) is 6.61 Å². The van der Waals surface area contributed by atoms with Crippen LogP contribution in [0.2, 0.25) is 0 Å². The SMILES string of the molecule is CCOC(O)[C](O)C(CC)OCCO. The maximum absolute atomic E-state index is 9.47. The van der Waals surface area contributed by atoms with Crippen molar-refractivity contribution < 1.29 is 24.8 Å². The highest BCUT2D eigenvalue weighted by Gasteiger charge is 2.27. The highest BCUT2D eigenvalue weighted by molar-refractivity contribution is 4.88. The van der Waals surface area contributed by atoms with Gasteiger partial charge >= 0.3 is 0 Å². The van der Waals surface area contributed by atoms with Crippen molar-refractivity contribution in [3.05, 3.63) is 6.10 Å². The van der Waals surface area contributed by atoms with E-state index in [1.54, 1.807) is 13.8 Å². The minimum absolute atomic E-state index is 0.117. The number of ether oxygens (including phenoxy) is 2. The van der Waals surface area contributed by atoms with E-state index in [0.29, 0.717) is 13.0 Å². The minimum Gasteiger partial charge on any atom is -0.394 e. The molecule has 2 atom stereocenters. The molecule has 0 aliphatic carbocycles. The third-order valence-corrected chi connectivity index (χ3v) is 1.69. The van der Waals surface area contributed by atoms with Gasteiger partial charge in [-0.3, -0.25) is 0 Å². The van der Waals surface area contributed by atoms with Crippen LogP contribution < -0.4 is 0 Å². The van der Waals surface area contributed by atoms with Crippen LogP contribution in [0.25, 0.3) is 0 Å². The zero-order chi connectivity index (χ0) is 11.0. The smallest absolute Gasteiger partial charge is 0.189 e. The average Bonchev–Trinajstić information content (AvgIpc) is 2.19. The van der Waals surface area contributed by atoms with E-state index < -0.39 is 12.4 Å². The molecule has 1 radical (unpaired) electrons. The van der Waals surface area contributed by atoms with Gasteiger partial charge in [0.1, 0.15) is 0 Å². The third kappa shape index (κ3) is 4.88. The fourth-order valence-corrected chi connectivity index (χ4v) is 1.01. The van der Waals surface area contributed by atoms with Crippen molar-refractivity contribution in [1.82, 2.24) is 0 Å². The zero-order valence-corrected chi connectivity index (χ0v) is 8.64. The quantitative estimate of drug-likeness (QED) is 0.489. The molecule has 0 aromatic rings. The molecule has 0 aliphatic rings. The molecule has 0 saturated heterocycles. The molecular formula is C9H19O5. The average molecular weight is 207 g/mol. The predicted molar refractivity (Wildman–Crippen MR) is 49.9 cm³/mol. The number of hydrogen-bond donors (Lipinski definition) is 3. The standard InChI is InChI=1S/C9H19O5/c1-3-7(14-6-5-10)8(11)9(12)13-4-2/h7,9-12H,3-6H2,1-2H3. The Bertz CT molecular complexity index is 130. The van der Waals surface area contributed by atoms with Gasteiger partial charge in [-0.2, -0.15) is 0 Å². The lowest BCUT2D eigenvalue weighted by Gasteiger charge is -2.24. The minimum atomic E-state index is -1.32. The molecule has 0 aromatic carbocycles. The molecule has 85 valence electrons. The van der Waals surface area contributed by atoms with Crippen molar-refractivity contribution in [2.75, 3.05) is 19.8 Å². The van der Waals surface area contributed by atoms with Gasteiger partial charge < -0.3 is 24.8 Å². The number of rotatable bonds is 8. The fraction of sp³-hybridized carbons (Fsp3) is 0.889. The predicted octanol–water partition coefficient (Wildman–Crippen LogP) is 0.0333. The molecule has 0 rings (SSSR count). The van der Waals surface area contributed by atoms with Crippen LogP contribution in [0.1, 0.15) is 20.3 Å². The summed E-state index contributed by atoms with van der Waals surface area (Å²) >= 11 is 0. The molecule has 5 heteroatoms. The number of hydrogen-bond acceptors (Lipinski definition) is 5. The third-order valence-electron chi connectivity index (χ3n) is 1.69. The molecule has 0 heterocycles. The van der Waals surface area contributed by atoms with Crippen LogP contribution in [-0.2, 0) is 9.47 Å². The van der Waals surface area contributed by atoms with Crippen LogP contribution in [0.5, 0.6) is 0 Å². The Morgan fingerprint density at radius 2 is 1.93 bits per heavy atom. The summed E-state index contributed by atoms with van der Waals surface area (Å²) in [5.74, 6) is 0. The normalized spacial score (nSPS) is 15.9. The molecule has 0 fully saturated rings. The van der Waals surface area contributed by atoms with Gasteiger partial charge in [-0.1, -0.05) is 6.92 Å². The second-order valence-corrected chi connectivity index (χ2v) is 2.72. The summed E-state index contributed by atoms with van der Waals surface area (Å²) < 4.78 is 9.89. The maximum atomic E-state index is 9.47. The first-order chi connectivity index (χ1) is 6.67. The summed E-state index contributed by atoms with van der Waals surface area (Å²) in [6.45, 7) is 3.83. The Balaban J connectivity index is 3.94. The molecule has 0 amide bonds. The van der Waals surface area contributed by atoms with Gasteiger partial charge in [0.25, 0.3) is 0 Å². The van der Waals surface area contributed by atoms with Crippen molar-refractivity contribution in [3.63, 3.8) is 0 Å². The molecule has 2 unspecified atom stereocenters. The first-order valence-corrected chi connectivity index (χ1v) is 4.75. The fourth-order valence-electron chi connectivity index (χ4n) is 1.01. The van der Waals surface area contributed by atoms with Gasteiger partial charge in [0.05, 0.1) is 19.3 Å². The van der Waals surface area contributed by atoms with Gasteiger partial charge in [0.2, 0.25) is 0 Å². The summed E-state index contributed by atoms with van der Waals surface area (Å²) in [6.07, 6.45) is -1.65. The molecule has 0 bridgehead atoms. The molecule has 5 nitrogen and oxygen atoms in total. The highest BCUT2D eigenvalue weighted by Crippen LogP contribution is 2.16. The summed E-state index contributed by atoms with van der Waals surface area (Å²) in [7, 11) is 0. The van der Waals surface area contributed by atoms with Crippen molar-refractivity contribution in [2.45, 2.75) is 32.7 Å². The molecule has 0 saturated carbocycles. The molecule has 3 N–H and O–H groups in total. The second kappa shape index (κ2) is 8.14. The van der Waals surface area contributed by atoms with Crippen LogP contribution in [-0.4, -0.2) is 47.5 Å². The van der Waals surface area contributed by atoms with Crippen molar-refractivity contribution in [3.8, 4) is 0 Å². The zero-order valence-electron chi connectivity index (χ0n) is 8.64. The van der Waals surface area contributed by atoms with Crippen LogP contribution in [0.4, 0.5) is 0 Å². The van der Waals surface area contributed by atoms with Gasteiger partial charge in [0.15, 0.2) is 12.4 Å². The summed E-state index contributed by atoms with van der Waals surface area (Å²) in [5, 5.41) is 27.3. The number of aliphatic hydroxyl groups excluding tert-OH is 3. The van der Waals surface area contributed by atoms with E-state index in [4.69, 9.17) is 14.6 Å². The van der Waals surface area contributed by atoms with Crippen LogP contribution in [0, 0.1) is 6.10 Å². The van der Waals surface area contributed by atoms with E-state index in [1.807, 2.05) is 0 Å². The first kappa shape index (κ1) is 13.8. The van der Waals surface area contributed by atoms with Crippen molar-refractivity contribution in [1.29, 1.82) is 0 Å². The Kier molecular flexibility index (Phi) is 8.02.